The first-order chi connectivity index (χ1) is 22.0. The molecule has 1 heterocycles. The number of carbonyl (C=O) groups is 1. The summed E-state index contributed by atoms with van der Waals surface area (Å²) in [6, 6.07) is 47.2. The number of hydrogen-bond donors (Lipinski definition) is 0. The topological polar surface area (TPSA) is 30.0 Å². The Morgan fingerprint density at radius 1 is 0.600 bits per heavy atom. The zero-order valence-corrected chi connectivity index (χ0v) is 25.9. The van der Waals surface area contributed by atoms with Gasteiger partial charge in [-0.15, -0.1) is 6.58 Å². The molecule has 220 valence electrons. The second-order valence-corrected chi connectivity index (χ2v) is 11.5. The van der Waals surface area contributed by atoms with Gasteiger partial charge in [-0.3, -0.25) is 9.78 Å². The van der Waals surface area contributed by atoms with E-state index in [1.54, 1.807) is 0 Å². The molecule has 2 heteroatoms. The van der Waals surface area contributed by atoms with Crippen LogP contribution in [0.25, 0.3) is 44.6 Å². The second kappa shape index (κ2) is 13.1. The minimum Gasteiger partial charge on any atom is -0.289 e. The van der Waals surface area contributed by atoms with Crippen LogP contribution in [0.4, 0.5) is 0 Å². The van der Waals surface area contributed by atoms with Crippen LogP contribution in [-0.2, 0) is 5.41 Å². The van der Waals surface area contributed by atoms with Crippen molar-refractivity contribution in [3.63, 3.8) is 0 Å². The standard InChI is InChI=1S/C43H37NO/c1-4-43(5-2,6-3)40-24-23-34(30-39(40)41-22-13-14-25-44-41)33-20-15-21-35(26-33)42(45)38-28-36(31-16-9-7-10-17-31)27-37(29-38)32-18-11-8-12-19-32/h4,7-30H,1,5-6H2,2-3H3. The molecule has 0 aliphatic carbocycles. The van der Waals surface area contributed by atoms with Crippen LogP contribution in [0.1, 0.15) is 48.2 Å². The summed E-state index contributed by atoms with van der Waals surface area (Å²) in [5, 5.41) is 0. The van der Waals surface area contributed by atoms with E-state index in [0.29, 0.717) is 11.1 Å². The van der Waals surface area contributed by atoms with E-state index in [1.165, 1.54) is 5.56 Å². The lowest BCUT2D eigenvalue weighted by molar-refractivity contribution is 0.103. The molecule has 0 fully saturated rings. The van der Waals surface area contributed by atoms with Gasteiger partial charge in [0.1, 0.15) is 0 Å². The second-order valence-electron chi connectivity index (χ2n) is 11.5. The van der Waals surface area contributed by atoms with Crippen molar-refractivity contribution >= 4 is 5.78 Å². The summed E-state index contributed by atoms with van der Waals surface area (Å²) in [6.07, 6.45) is 5.82. The molecule has 5 aromatic carbocycles. The van der Waals surface area contributed by atoms with Crippen LogP contribution in [0.2, 0.25) is 0 Å². The Morgan fingerprint density at radius 2 is 1.18 bits per heavy atom. The van der Waals surface area contributed by atoms with Gasteiger partial charge in [0.2, 0.25) is 0 Å². The number of carbonyl (C=O) groups excluding carboxylic acids is 1. The van der Waals surface area contributed by atoms with Gasteiger partial charge in [0, 0.05) is 28.3 Å². The first kappa shape index (κ1) is 29.7. The van der Waals surface area contributed by atoms with E-state index in [2.05, 4.69) is 87.2 Å². The highest BCUT2D eigenvalue weighted by molar-refractivity contribution is 6.10. The molecule has 6 aromatic rings. The number of aromatic nitrogens is 1. The third kappa shape index (κ3) is 6.05. The minimum absolute atomic E-state index is 0.00368. The van der Waals surface area contributed by atoms with Crippen LogP contribution in [0.15, 0.2) is 158 Å². The molecule has 0 radical (unpaired) electrons. The molecule has 0 saturated carbocycles. The van der Waals surface area contributed by atoms with Crippen LogP contribution in [0, 0.1) is 0 Å². The largest absolute Gasteiger partial charge is 0.289 e. The highest BCUT2D eigenvalue weighted by Gasteiger charge is 2.28. The fourth-order valence-electron chi connectivity index (χ4n) is 6.28. The quantitative estimate of drug-likeness (QED) is 0.119. The monoisotopic (exact) mass is 583 g/mol. The molecule has 0 saturated heterocycles. The molecule has 45 heavy (non-hydrogen) atoms. The molecule has 0 N–H and O–H groups in total. The Bertz CT molecular complexity index is 1880. The molecule has 1 aromatic heterocycles. The zero-order valence-electron chi connectivity index (χ0n) is 25.9. The molecule has 0 aliphatic heterocycles. The van der Waals surface area contributed by atoms with Crippen molar-refractivity contribution in [1.29, 1.82) is 0 Å². The van der Waals surface area contributed by atoms with Crippen LogP contribution < -0.4 is 0 Å². The van der Waals surface area contributed by atoms with Crippen LogP contribution in [0.3, 0.4) is 0 Å². The SMILES string of the molecule is C=CC(CC)(CC)c1ccc(-c2cccc(C(=O)c3cc(-c4ccccc4)cc(-c4ccccc4)c3)c2)cc1-c1ccccn1. The van der Waals surface area contributed by atoms with Gasteiger partial charge in [-0.1, -0.05) is 117 Å². The fourth-order valence-corrected chi connectivity index (χ4v) is 6.28. The Kier molecular flexibility index (Phi) is 8.66. The van der Waals surface area contributed by atoms with Crippen molar-refractivity contribution in [1.82, 2.24) is 4.98 Å². The average molecular weight is 584 g/mol. The van der Waals surface area contributed by atoms with Gasteiger partial charge in [0.15, 0.2) is 5.78 Å². The maximum Gasteiger partial charge on any atom is 0.193 e. The van der Waals surface area contributed by atoms with Crippen LogP contribution in [0.5, 0.6) is 0 Å². The minimum atomic E-state index is -0.149. The number of rotatable bonds is 10. The summed E-state index contributed by atoms with van der Waals surface area (Å²) in [6.45, 7) is 8.65. The summed E-state index contributed by atoms with van der Waals surface area (Å²) in [4.78, 5) is 18.9. The molecule has 0 unspecified atom stereocenters. The van der Waals surface area contributed by atoms with E-state index in [9.17, 15) is 4.79 Å². The Morgan fingerprint density at radius 3 is 1.76 bits per heavy atom. The molecule has 2 nitrogen and oxygen atoms in total. The van der Waals surface area contributed by atoms with Gasteiger partial charge < -0.3 is 0 Å². The predicted molar refractivity (Wildman–Crippen MR) is 188 cm³/mol. The third-order valence-electron chi connectivity index (χ3n) is 9.02. The Hall–Kier alpha value is -5.34. The van der Waals surface area contributed by atoms with Crippen LogP contribution >= 0.6 is 0 Å². The van der Waals surface area contributed by atoms with Crippen molar-refractivity contribution in [2.45, 2.75) is 32.1 Å². The lowest BCUT2D eigenvalue weighted by atomic mass is 9.73. The van der Waals surface area contributed by atoms with Crippen molar-refractivity contribution in [2.24, 2.45) is 0 Å². The molecule has 0 atom stereocenters. The van der Waals surface area contributed by atoms with E-state index in [-0.39, 0.29) is 11.2 Å². The van der Waals surface area contributed by atoms with Gasteiger partial charge in [-0.25, -0.2) is 0 Å². The number of allylic oxidation sites excluding steroid dienone is 1. The van der Waals surface area contributed by atoms with E-state index in [1.807, 2.05) is 85.1 Å². The van der Waals surface area contributed by atoms with Gasteiger partial charge in [-0.2, -0.15) is 0 Å². The Balaban J connectivity index is 1.44. The predicted octanol–water partition coefficient (Wildman–Crippen LogP) is 11.2. The molecule has 0 amide bonds. The van der Waals surface area contributed by atoms with Gasteiger partial charge in [0.25, 0.3) is 0 Å². The lowest BCUT2D eigenvalue weighted by Crippen LogP contribution is -2.22. The van der Waals surface area contributed by atoms with E-state index < -0.39 is 0 Å². The summed E-state index contributed by atoms with van der Waals surface area (Å²) >= 11 is 0. The van der Waals surface area contributed by atoms with E-state index in [4.69, 9.17) is 4.98 Å². The van der Waals surface area contributed by atoms with Crippen LogP contribution in [-0.4, -0.2) is 10.8 Å². The van der Waals surface area contributed by atoms with Gasteiger partial charge in [-0.05, 0) is 94.3 Å². The molecule has 0 bridgehead atoms. The first-order valence-corrected chi connectivity index (χ1v) is 15.7. The van der Waals surface area contributed by atoms with Crippen molar-refractivity contribution in [3.05, 3.63) is 175 Å². The Labute approximate surface area is 266 Å². The highest BCUT2D eigenvalue weighted by Crippen LogP contribution is 2.41. The molecule has 0 aliphatic rings. The number of ketones is 1. The van der Waals surface area contributed by atoms with E-state index in [0.717, 1.165) is 57.5 Å². The number of pyridine rings is 1. The number of nitrogens with zero attached hydrogens (tertiary/aromatic N) is 1. The maximum absolute atomic E-state index is 14.2. The van der Waals surface area contributed by atoms with Gasteiger partial charge >= 0.3 is 0 Å². The summed E-state index contributed by atoms with van der Waals surface area (Å²) in [5.74, 6) is -0.00368. The summed E-state index contributed by atoms with van der Waals surface area (Å²) in [5.41, 5.74) is 10.6. The maximum atomic E-state index is 14.2. The summed E-state index contributed by atoms with van der Waals surface area (Å²) < 4.78 is 0. The van der Waals surface area contributed by atoms with Gasteiger partial charge in [0.05, 0.1) is 5.69 Å². The fraction of sp³-hybridized carbons (Fsp3) is 0.116. The first-order valence-electron chi connectivity index (χ1n) is 15.7. The molecular formula is C43H37NO. The molecule has 0 spiro atoms. The average Bonchev–Trinajstić information content (AvgIpc) is 3.13. The third-order valence-corrected chi connectivity index (χ3v) is 9.02. The smallest absolute Gasteiger partial charge is 0.193 e. The normalized spacial score (nSPS) is 11.2. The lowest BCUT2D eigenvalue weighted by Gasteiger charge is -2.31. The molecule has 6 rings (SSSR count). The molecular weight excluding hydrogens is 546 g/mol. The number of hydrogen-bond acceptors (Lipinski definition) is 2. The zero-order chi connectivity index (χ0) is 31.2. The number of benzene rings is 5. The van der Waals surface area contributed by atoms with Crippen molar-refractivity contribution in [3.8, 4) is 44.6 Å². The highest BCUT2D eigenvalue weighted by atomic mass is 16.1. The van der Waals surface area contributed by atoms with Crippen molar-refractivity contribution in [2.75, 3.05) is 0 Å². The van der Waals surface area contributed by atoms with Crippen molar-refractivity contribution < 1.29 is 4.79 Å². The van der Waals surface area contributed by atoms with E-state index >= 15 is 0 Å². The summed E-state index contributed by atoms with van der Waals surface area (Å²) in [7, 11) is 0.